The molecule has 2 aliphatic rings. The van der Waals surface area contributed by atoms with E-state index in [1.54, 1.807) is 124 Å². The van der Waals surface area contributed by atoms with E-state index in [0.29, 0.717) is 36.2 Å². The number of piperidine rings is 1. The minimum absolute atomic E-state index is 0.0160. The number of amides is 14. The predicted molar refractivity (Wildman–Crippen MR) is 430 cm³/mol. The van der Waals surface area contributed by atoms with Crippen molar-refractivity contribution in [3.05, 3.63) is 108 Å². The fourth-order valence-electron chi connectivity index (χ4n) is 14.4. The average molecular weight is 1570 g/mol. The van der Waals surface area contributed by atoms with Crippen molar-refractivity contribution in [3.8, 4) is 0 Å². The maximum atomic E-state index is 15.8. The number of benzene rings is 3. The third kappa shape index (κ3) is 25.3. The van der Waals surface area contributed by atoms with Crippen molar-refractivity contribution < 1.29 is 72.2 Å². The largest absolute Gasteiger partial charge is 0.391 e. The molecule has 0 spiro atoms. The van der Waals surface area contributed by atoms with Crippen LogP contribution in [-0.4, -0.2) is 298 Å². The highest BCUT2D eigenvalue weighted by Gasteiger charge is 2.46. The number of rotatable bonds is 21. The zero-order chi connectivity index (χ0) is 84.7. The molecule has 0 aliphatic carbocycles. The Hall–Kier alpha value is -9.80. The molecule has 0 radical (unpaired) electrons. The van der Waals surface area contributed by atoms with Crippen molar-refractivity contribution in [1.29, 1.82) is 0 Å². The van der Waals surface area contributed by atoms with Crippen LogP contribution >= 0.6 is 0 Å². The summed E-state index contributed by atoms with van der Waals surface area (Å²) in [7, 11) is 12.4. The first-order chi connectivity index (χ1) is 53.1. The lowest BCUT2D eigenvalue weighted by molar-refractivity contribution is -0.154. The molecule has 113 heavy (non-hydrogen) atoms. The molecule has 3 aromatic carbocycles. The molecule has 5 N–H and O–H groups in total. The minimum Gasteiger partial charge on any atom is -0.391 e. The van der Waals surface area contributed by atoms with E-state index in [0.717, 1.165) is 43.8 Å². The number of carbonyl (C=O) groups excluding carboxylic acids is 14. The minimum atomic E-state index is -1.83. The van der Waals surface area contributed by atoms with Gasteiger partial charge in [-0.15, -0.1) is 0 Å². The molecule has 2 fully saturated rings. The standard InChI is InChI=1S/C84H128N14O15/c1-22-54(8)70-83(112)96(20)65(45-51(2)3)80(109)90(14)56(10)73(102)86-62(79(108)95(19)67(49-61-39-31-25-32-40-61)81(110)93(17)64(48-60-37-29-24-30-38-60)74(103)85-55(9)77(106)98-42-33-26-34-43-98)50-69(101)89(13)44-41-68(100)92(16)63(47-59-35-27-23-28-36-59)75(104)88-71(58(12)99)84(113)91(15)57(11)78(107)94(18)66(46-52(4)5)82(111)97(21)72(53(6)7)76(105)87-70/h23-25,27-32,35-40,51-58,62-67,70-72,99H,22,26,33-34,41-50H2,1-21H3,(H,85,103)(H,86,102)(H,87,105)(H,88,104)/t54-,55-,56-,57-,58+,62-,63-,64-,65-,66-,67-,70-,71-,72-/m0/s1. The molecule has 29 nitrogen and oxygen atoms in total. The van der Waals surface area contributed by atoms with Crippen LogP contribution in [0.3, 0.4) is 0 Å². The monoisotopic (exact) mass is 1570 g/mol. The molecule has 2 aliphatic heterocycles. The first-order valence-corrected chi connectivity index (χ1v) is 39.7. The van der Waals surface area contributed by atoms with Crippen molar-refractivity contribution in [2.75, 3.05) is 83.1 Å². The van der Waals surface area contributed by atoms with E-state index in [-0.39, 0.29) is 56.4 Å². The van der Waals surface area contributed by atoms with Crippen LogP contribution in [0.25, 0.3) is 0 Å². The molecule has 5 rings (SSSR count). The number of nitrogens with one attached hydrogen (secondary N) is 4. The van der Waals surface area contributed by atoms with Crippen LogP contribution in [0.1, 0.15) is 151 Å². The van der Waals surface area contributed by atoms with Crippen LogP contribution in [0, 0.1) is 23.7 Å². The third-order valence-corrected chi connectivity index (χ3v) is 22.3. The van der Waals surface area contributed by atoms with Gasteiger partial charge in [0.05, 0.1) is 12.5 Å². The Kier molecular flexibility index (Phi) is 36.1. The lowest BCUT2D eigenvalue weighted by atomic mass is 9.93. The van der Waals surface area contributed by atoms with Crippen LogP contribution in [0.5, 0.6) is 0 Å². The molecule has 624 valence electrons. The first-order valence-electron chi connectivity index (χ1n) is 39.7. The van der Waals surface area contributed by atoms with Crippen molar-refractivity contribution in [1.82, 2.24) is 70.3 Å². The summed E-state index contributed by atoms with van der Waals surface area (Å²) >= 11 is 0. The first kappa shape index (κ1) is 93.8. The molecule has 2 saturated heterocycles. The Morgan fingerprint density at radius 1 is 0.504 bits per heavy atom. The van der Waals surface area contributed by atoms with E-state index in [9.17, 15) is 38.7 Å². The fraction of sp³-hybridized carbons (Fsp3) is 0.619. The van der Waals surface area contributed by atoms with Crippen LogP contribution < -0.4 is 21.3 Å². The van der Waals surface area contributed by atoms with Gasteiger partial charge in [-0.1, -0.05) is 153 Å². The third-order valence-electron chi connectivity index (χ3n) is 22.3. The zero-order valence-corrected chi connectivity index (χ0v) is 70.5. The molecule has 3 aromatic rings. The quantitative estimate of drug-likeness (QED) is 0.101. The van der Waals surface area contributed by atoms with Gasteiger partial charge in [0.1, 0.15) is 72.5 Å². The van der Waals surface area contributed by atoms with Crippen molar-refractivity contribution in [2.24, 2.45) is 23.7 Å². The normalized spacial score (nSPS) is 23.6. The molecular formula is C84H128N14O15. The van der Waals surface area contributed by atoms with E-state index < -0.39 is 180 Å². The number of hydrogen-bond donors (Lipinski definition) is 5. The maximum absolute atomic E-state index is 15.8. The Morgan fingerprint density at radius 3 is 1.47 bits per heavy atom. The zero-order valence-electron chi connectivity index (χ0n) is 70.5. The Morgan fingerprint density at radius 2 is 0.973 bits per heavy atom. The van der Waals surface area contributed by atoms with Gasteiger partial charge >= 0.3 is 0 Å². The topological polar surface area (TPSA) is 340 Å². The number of likely N-dealkylation sites (N-methyl/N-ethyl adjacent to an activating group) is 8. The molecule has 2 heterocycles. The summed E-state index contributed by atoms with van der Waals surface area (Å²) in [5.41, 5.74) is 1.86. The molecule has 0 aromatic heterocycles. The van der Waals surface area contributed by atoms with E-state index >= 15 is 33.6 Å². The smallest absolute Gasteiger partial charge is 0.248 e. The van der Waals surface area contributed by atoms with Gasteiger partial charge < -0.3 is 75.4 Å². The number of aliphatic hydroxyl groups is 1. The van der Waals surface area contributed by atoms with Gasteiger partial charge in [-0.3, -0.25) is 67.1 Å². The van der Waals surface area contributed by atoms with Crippen LogP contribution in [-0.2, 0) is 86.4 Å². The molecule has 0 saturated carbocycles. The second-order valence-electron chi connectivity index (χ2n) is 32.1. The molecule has 29 heteroatoms. The van der Waals surface area contributed by atoms with Crippen LogP contribution in [0.15, 0.2) is 91.0 Å². The number of carbonyl (C=O) groups is 14. The van der Waals surface area contributed by atoms with Crippen molar-refractivity contribution in [2.45, 2.75) is 232 Å². The Bertz CT molecular complexity index is 3750. The molecule has 0 bridgehead atoms. The average Bonchev–Trinajstić information content (AvgIpc) is 0.797. The highest BCUT2D eigenvalue weighted by Crippen LogP contribution is 2.26. The van der Waals surface area contributed by atoms with Crippen molar-refractivity contribution >= 4 is 82.7 Å². The summed E-state index contributed by atoms with van der Waals surface area (Å²) < 4.78 is 0. The number of aliphatic hydroxyl groups excluding tert-OH is 1. The van der Waals surface area contributed by atoms with Gasteiger partial charge in [-0.25, -0.2) is 0 Å². The number of nitrogens with zero attached hydrogens (tertiary/aromatic N) is 10. The van der Waals surface area contributed by atoms with Gasteiger partial charge in [0.15, 0.2) is 0 Å². The predicted octanol–water partition coefficient (Wildman–Crippen LogP) is 3.77. The van der Waals surface area contributed by atoms with Gasteiger partial charge in [0.25, 0.3) is 0 Å². The summed E-state index contributed by atoms with van der Waals surface area (Å²) in [5.74, 6) is -11.8. The maximum Gasteiger partial charge on any atom is 0.248 e. The van der Waals surface area contributed by atoms with Gasteiger partial charge in [-0.05, 0) is 100 Å². The molecule has 14 amide bonds. The lowest BCUT2D eigenvalue weighted by Crippen LogP contribution is -2.63. The van der Waals surface area contributed by atoms with Gasteiger partial charge in [0.2, 0.25) is 82.7 Å². The summed E-state index contributed by atoms with van der Waals surface area (Å²) in [5, 5.41) is 22.5. The highest BCUT2D eigenvalue weighted by atomic mass is 16.3. The second kappa shape index (κ2) is 43.5. The highest BCUT2D eigenvalue weighted by molar-refractivity contribution is 6.01. The van der Waals surface area contributed by atoms with Gasteiger partial charge in [-0.2, -0.15) is 0 Å². The summed E-state index contributed by atoms with van der Waals surface area (Å²) in [6.07, 6.45) is 0.0289. The Balaban J connectivity index is 1.68. The Labute approximate surface area is 668 Å². The fourth-order valence-corrected chi connectivity index (χ4v) is 14.4. The van der Waals surface area contributed by atoms with Gasteiger partial charge in [0, 0.05) is 109 Å². The summed E-state index contributed by atoms with van der Waals surface area (Å²) in [6, 6.07) is 9.98. The van der Waals surface area contributed by atoms with E-state index in [2.05, 4.69) is 21.3 Å². The summed E-state index contributed by atoms with van der Waals surface area (Å²) in [4.78, 5) is 222. The lowest BCUT2D eigenvalue weighted by Gasteiger charge is -2.40. The van der Waals surface area contributed by atoms with E-state index in [4.69, 9.17) is 0 Å². The summed E-state index contributed by atoms with van der Waals surface area (Å²) in [6.45, 7) is 20.8. The SMILES string of the molecule is CC[C@H](C)[C@@H]1NC(=O)[C@H](C(C)C)N(C)C(=O)[C@H](CC(C)C)N(C)C(=O)[C@H](C)N(C)C(=O)[C@H]([C@@H](C)O)NC(=O)[C@H](Cc2ccccc2)N(C)C(=O)CCN(C)C(=O)C[C@@H](C(=O)N(C)[C@@H](Cc2ccccc2)C(=O)N(C)[C@@H](Cc2ccccc2)C(=O)N[C@@H](C)C(=O)N2CCCCC2)NC(=O)[C@H](C)N(C)C(=O)[C@H](CC(C)C)N(C)C1=O. The van der Waals surface area contributed by atoms with E-state index in [1.165, 1.54) is 104 Å². The van der Waals surface area contributed by atoms with E-state index in [1.807, 2.05) is 34.6 Å². The van der Waals surface area contributed by atoms with Crippen LogP contribution in [0.4, 0.5) is 0 Å². The second-order valence-corrected chi connectivity index (χ2v) is 32.1. The number of hydrogen-bond acceptors (Lipinski definition) is 15. The molecule has 0 unspecified atom stereocenters. The number of likely N-dealkylation sites (tertiary alicyclic amines) is 1. The molecular weight excluding hydrogens is 1450 g/mol. The molecule has 14 atom stereocenters. The van der Waals surface area contributed by atoms with Crippen LogP contribution in [0.2, 0.25) is 0 Å². The van der Waals surface area contributed by atoms with Crippen molar-refractivity contribution in [3.63, 3.8) is 0 Å².